The fraction of sp³-hybridized carbons (Fsp3) is 0.409. The summed E-state index contributed by atoms with van der Waals surface area (Å²) in [4.78, 5) is 16.1. The molecular weight excluding hydrogens is 326 g/mol. The van der Waals surface area contributed by atoms with E-state index in [4.69, 9.17) is 0 Å². The molecule has 2 aromatic rings. The standard InChI is InChI=1S/C22H25NOS/c1-15-20-13-17-9-10-18(25-21(24)16-7-5-4-6-8-16)14-19(17)22(15,2)11-12-23(20)3/h4-10,14-15,20H,11-13H2,1-3H3/t15-,20?,22+/m0/s1. The lowest BCUT2D eigenvalue weighted by atomic mass is 9.59. The van der Waals surface area contributed by atoms with Crippen LogP contribution in [0.2, 0.25) is 0 Å². The molecule has 1 aliphatic carbocycles. The van der Waals surface area contributed by atoms with Crippen LogP contribution in [0.15, 0.2) is 53.4 Å². The molecule has 2 nitrogen and oxygen atoms in total. The van der Waals surface area contributed by atoms with Gasteiger partial charge >= 0.3 is 0 Å². The van der Waals surface area contributed by atoms with Gasteiger partial charge < -0.3 is 4.90 Å². The highest BCUT2D eigenvalue weighted by Gasteiger charge is 2.47. The Morgan fingerprint density at radius 1 is 1.20 bits per heavy atom. The third-order valence-corrected chi connectivity index (χ3v) is 7.39. The van der Waals surface area contributed by atoms with Crippen LogP contribution in [0.5, 0.6) is 0 Å². The molecule has 0 radical (unpaired) electrons. The predicted octanol–water partition coefficient (Wildman–Crippen LogP) is 4.77. The molecule has 1 heterocycles. The summed E-state index contributed by atoms with van der Waals surface area (Å²) in [6.07, 6.45) is 2.31. The molecule has 0 saturated carbocycles. The number of nitrogens with zero attached hydrogens (tertiary/aromatic N) is 1. The van der Waals surface area contributed by atoms with E-state index >= 15 is 0 Å². The fourth-order valence-electron chi connectivity index (χ4n) is 4.62. The van der Waals surface area contributed by atoms with Gasteiger partial charge in [-0.3, -0.25) is 4.79 Å². The van der Waals surface area contributed by atoms with E-state index in [0.29, 0.717) is 12.0 Å². The van der Waals surface area contributed by atoms with Crippen molar-refractivity contribution in [1.82, 2.24) is 4.90 Å². The molecule has 0 amide bonds. The normalized spacial score (nSPS) is 28.4. The second kappa shape index (κ2) is 6.30. The van der Waals surface area contributed by atoms with Crippen LogP contribution in [0.1, 0.15) is 41.8 Å². The quantitative estimate of drug-likeness (QED) is 0.727. The fourth-order valence-corrected chi connectivity index (χ4v) is 5.40. The number of piperidine rings is 1. The van der Waals surface area contributed by atoms with Crippen molar-refractivity contribution in [3.8, 4) is 0 Å². The van der Waals surface area contributed by atoms with Crippen molar-refractivity contribution in [2.24, 2.45) is 5.92 Å². The van der Waals surface area contributed by atoms with Gasteiger partial charge in [0, 0.05) is 16.5 Å². The molecular formula is C22H25NOS. The number of carbonyl (C=O) groups is 1. The first-order chi connectivity index (χ1) is 12.0. The Kier molecular flexibility index (Phi) is 4.25. The number of hydrogen-bond acceptors (Lipinski definition) is 3. The Hall–Kier alpha value is -1.58. The lowest BCUT2D eigenvalue weighted by Gasteiger charge is -2.53. The lowest BCUT2D eigenvalue weighted by Crippen LogP contribution is -2.56. The highest BCUT2D eigenvalue weighted by molar-refractivity contribution is 8.14. The highest BCUT2D eigenvalue weighted by atomic mass is 32.2. The number of rotatable bonds is 2. The Morgan fingerprint density at radius 3 is 2.72 bits per heavy atom. The van der Waals surface area contributed by atoms with Gasteiger partial charge in [0.25, 0.3) is 0 Å². The van der Waals surface area contributed by atoms with Crippen LogP contribution < -0.4 is 0 Å². The number of likely N-dealkylation sites (tertiary alicyclic amines) is 1. The average Bonchev–Trinajstić information content (AvgIpc) is 2.63. The smallest absolute Gasteiger partial charge is 0.224 e. The average molecular weight is 352 g/mol. The maximum Gasteiger partial charge on any atom is 0.224 e. The van der Waals surface area contributed by atoms with Crippen molar-refractivity contribution in [2.45, 2.75) is 43.0 Å². The molecule has 2 aliphatic rings. The van der Waals surface area contributed by atoms with Crippen molar-refractivity contribution >= 4 is 16.9 Å². The number of fused-ring (bicyclic) bond motifs is 4. The van der Waals surface area contributed by atoms with Crippen molar-refractivity contribution in [3.63, 3.8) is 0 Å². The SMILES string of the molecule is C[C@H]1C2Cc3ccc(SC(=O)c4ccccc4)cc3[C@]1(C)CCN2C. The van der Waals surface area contributed by atoms with Gasteiger partial charge in [0.1, 0.15) is 0 Å². The van der Waals surface area contributed by atoms with E-state index in [1.54, 1.807) is 0 Å². The van der Waals surface area contributed by atoms with Gasteiger partial charge in [0.15, 0.2) is 0 Å². The zero-order chi connectivity index (χ0) is 17.6. The monoisotopic (exact) mass is 351 g/mol. The van der Waals surface area contributed by atoms with Crippen molar-refractivity contribution in [3.05, 3.63) is 65.2 Å². The third kappa shape index (κ3) is 2.84. The van der Waals surface area contributed by atoms with E-state index in [9.17, 15) is 4.79 Å². The van der Waals surface area contributed by atoms with Gasteiger partial charge in [-0.05, 0) is 72.8 Å². The Balaban J connectivity index is 1.65. The zero-order valence-corrected chi connectivity index (χ0v) is 16.0. The molecule has 1 unspecified atom stereocenters. The van der Waals surface area contributed by atoms with Crippen LogP contribution in [0, 0.1) is 5.92 Å². The minimum atomic E-state index is 0.121. The van der Waals surface area contributed by atoms with Gasteiger partial charge in [0.05, 0.1) is 0 Å². The summed E-state index contributed by atoms with van der Waals surface area (Å²) >= 11 is 1.35. The van der Waals surface area contributed by atoms with Crippen LogP contribution in [0.3, 0.4) is 0 Å². The summed E-state index contributed by atoms with van der Waals surface area (Å²) in [5.74, 6) is 0.642. The van der Waals surface area contributed by atoms with Crippen molar-refractivity contribution in [2.75, 3.05) is 13.6 Å². The van der Waals surface area contributed by atoms with Crippen molar-refractivity contribution < 1.29 is 4.79 Å². The molecule has 1 fully saturated rings. The highest BCUT2D eigenvalue weighted by Crippen LogP contribution is 2.49. The first kappa shape index (κ1) is 16.9. The maximum absolute atomic E-state index is 12.5. The van der Waals surface area contributed by atoms with E-state index < -0.39 is 0 Å². The first-order valence-electron chi connectivity index (χ1n) is 9.10. The third-order valence-electron chi connectivity index (χ3n) is 6.48. The largest absolute Gasteiger partial charge is 0.303 e. The summed E-state index contributed by atoms with van der Waals surface area (Å²) in [6.45, 7) is 5.98. The molecule has 0 aromatic heterocycles. The van der Waals surface area contributed by atoms with Crippen LogP contribution in [-0.4, -0.2) is 29.6 Å². The van der Waals surface area contributed by atoms with Crippen LogP contribution in [0.25, 0.3) is 0 Å². The summed E-state index contributed by atoms with van der Waals surface area (Å²) in [7, 11) is 2.26. The van der Waals surface area contributed by atoms with Crippen molar-refractivity contribution in [1.29, 1.82) is 0 Å². The molecule has 0 N–H and O–H groups in total. The van der Waals surface area contributed by atoms with E-state index in [-0.39, 0.29) is 10.5 Å². The van der Waals surface area contributed by atoms with Gasteiger partial charge in [-0.1, -0.05) is 50.2 Å². The lowest BCUT2D eigenvalue weighted by molar-refractivity contribution is 0.0506. The van der Waals surface area contributed by atoms with Gasteiger partial charge in [-0.2, -0.15) is 0 Å². The number of thioether (sulfide) groups is 1. The predicted molar refractivity (Wildman–Crippen MR) is 104 cm³/mol. The second-order valence-corrected chi connectivity index (χ2v) is 8.83. The van der Waals surface area contributed by atoms with E-state index in [1.165, 1.54) is 29.3 Å². The zero-order valence-electron chi connectivity index (χ0n) is 15.2. The van der Waals surface area contributed by atoms with E-state index in [1.807, 2.05) is 30.3 Å². The van der Waals surface area contributed by atoms with Crippen LogP contribution in [0.4, 0.5) is 0 Å². The molecule has 2 bridgehead atoms. The second-order valence-electron chi connectivity index (χ2n) is 7.78. The molecule has 3 atom stereocenters. The van der Waals surface area contributed by atoms with Gasteiger partial charge in [-0.15, -0.1) is 0 Å². The Morgan fingerprint density at radius 2 is 1.96 bits per heavy atom. The summed E-state index contributed by atoms with van der Waals surface area (Å²) in [5, 5.41) is 0.121. The molecule has 3 heteroatoms. The molecule has 25 heavy (non-hydrogen) atoms. The summed E-state index contributed by atoms with van der Waals surface area (Å²) in [5.41, 5.74) is 3.92. The molecule has 1 aliphatic heterocycles. The molecule has 0 spiro atoms. The summed E-state index contributed by atoms with van der Waals surface area (Å²) in [6, 6.07) is 16.9. The van der Waals surface area contributed by atoms with Gasteiger partial charge in [0.2, 0.25) is 5.12 Å². The van der Waals surface area contributed by atoms with E-state index in [0.717, 1.165) is 23.4 Å². The van der Waals surface area contributed by atoms with E-state index in [2.05, 4.69) is 44.0 Å². The Labute approximate surface area is 154 Å². The van der Waals surface area contributed by atoms with Crippen LogP contribution >= 0.6 is 11.8 Å². The minimum absolute atomic E-state index is 0.121. The first-order valence-corrected chi connectivity index (χ1v) is 9.91. The number of likely N-dealkylation sites (N-methyl/N-ethyl adjacent to an activating group) is 1. The molecule has 1 saturated heterocycles. The van der Waals surface area contributed by atoms with Crippen LogP contribution in [-0.2, 0) is 11.8 Å². The molecule has 2 aromatic carbocycles. The maximum atomic E-state index is 12.5. The Bertz CT molecular complexity index is 803. The minimum Gasteiger partial charge on any atom is -0.303 e. The molecule has 130 valence electrons. The number of hydrogen-bond donors (Lipinski definition) is 0. The molecule has 4 rings (SSSR count). The number of carbonyl (C=O) groups excluding carboxylic acids is 1. The summed E-state index contributed by atoms with van der Waals surface area (Å²) < 4.78 is 0. The topological polar surface area (TPSA) is 20.3 Å². The van der Waals surface area contributed by atoms with Gasteiger partial charge in [-0.25, -0.2) is 0 Å². The number of benzene rings is 2.